The fourth-order valence-electron chi connectivity index (χ4n) is 4.35. The molecule has 1 aliphatic rings. The Bertz CT molecular complexity index is 1590. The molecule has 2 N–H and O–H groups in total. The number of aromatic nitrogens is 3. The van der Waals surface area contributed by atoms with Crippen molar-refractivity contribution in [1.82, 2.24) is 15.2 Å². The van der Waals surface area contributed by atoms with Gasteiger partial charge in [-0.05, 0) is 51.7 Å². The third-order valence-corrected chi connectivity index (χ3v) is 6.31. The van der Waals surface area contributed by atoms with Crippen molar-refractivity contribution in [2.45, 2.75) is 69.5 Å². The van der Waals surface area contributed by atoms with Crippen molar-refractivity contribution < 1.29 is 45.4 Å². The Labute approximate surface area is 241 Å². The molecule has 0 saturated heterocycles. The fraction of sp³-hybridized carbons (Fsp3) is 0.393. The maximum absolute atomic E-state index is 14.4. The summed E-state index contributed by atoms with van der Waals surface area (Å²) >= 11 is 0. The van der Waals surface area contributed by atoms with Crippen LogP contribution in [0.4, 0.5) is 36.8 Å². The second-order valence-electron chi connectivity index (χ2n) is 10.7. The molecule has 3 heterocycles. The summed E-state index contributed by atoms with van der Waals surface area (Å²) in [5.74, 6) is -3.64. The quantitative estimate of drug-likeness (QED) is 0.227. The number of benzene rings is 1. The number of hydrogen-bond acceptors (Lipinski definition) is 8. The first-order valence-corrected chi connectivity index (χ1v) is 12.8. The minimum Gasteiger partial charge on any atom is -0.444 e. The molecule has 2 atom stereocenters. The molecule has 0 fully saturated rings. The van der Waals surface area contributed by atoms with E-state index in [9.17, 15) is 41.5 Å². The van der Waals surface area contributed by atoms with Gasteiger partial charge in [0.25, 0.3) is 17.4 Å². The number of fused-ring (bicyclic) bond motifs is 7. The van der Waals surface area contributed by atoms with E-state index in [0.29, 0.717) is 11.6 Å². The van der Waals surface area contributed by atoms with Crippen molar-refractivity contribution in [3.63, 3.8) is 0 Å². The zero-order chi connectivity index (χ0) is 31.8. The normalized spacial score (nSPS) is 20.2. The predicted octanol–water partition coefficient (Wildman–Crippen LogP) is 6.80. The van der Waals surface area contributed by atoms with Crippen LogP contribution >= 0.6 is 0 Å². The van der Waals surface area contributed by atoms with Crippen LogP contribution < -0.4 is 5.32 Å². The van der Waals surface area contributed by atoms with Crippen LogP contribution in [-0.2, 0) is 22.9 Å². The standard InChI is InChI=1S/C28H25F6N5O4/c1-25(2,3)43-24(40)36-19-13-18(27(29,30)31)20-16(14-35)10-6-4-5-8-15-9-7-11-17(12-15)26(41,28(32,33)34)23-39-38-22(42-23)21(19)37-20/h4-5,7,9,11-13,16,41H,6,8,10H2,1-3H3,(H,36,40)/b5-4-. The van der Waals surface area contributed by atoms with Gasteiger partial charge in [0.2, 0.25) is 0 Å². The summed E-state index contributed by atoms with van der Waals surface area (Å²) < 4.78 is 96.5. The number of allylic oxidation sites excluding steroid dienone is 2. The predicted molar refractivity (Wildman–Crippen MR) is 138 cm³/mol. The first-order valence-electron chi connectivity index (χ1n) is 12.8. The SMILES string of the molecule is CC(C)(C)OC(=O)Nc1cc(C(F)(F)F)c2nc1-c1nnc(o1)C(O)(C(F)(F)F)c1cccc(c1)C/C=C\CCC2C#N. The van der Waals surface area contributed by atoms with Crippen molar-refractivity contribution in [2.75, 3.05) is 5.32 Å². The highest BCUT2D eigenvalue weighted by molar-refractivity contribution is 5.89. The van der Waals surface area contributed by atoms with Crippen LogP contribution in [0.15, 0.2) is 46.9 Å². The molecule has 0 spiro atoms. The number of aliphatic hydroxyl groups is 1. The highest BCUT2D eigenvalue weighted by Crippen LogP contribution is 2.45. The van der Waals surface area contributed by atoms with Crippen LogP contribution in [0.2, 0.25) is 0 Å². The highest BCUT2D eigenvalue weighted by Gasteiger charge is 2.60. The molecule has 0 aliphatic carbocycles. The van der Waals surface area contributed by atoms with E-state index < -0.39 is 75.5 Å². The number of anilines is 1. The lowest BCUT2D eigenvalue weighted by Crippen LogP contribution is -2.43. The van der Waals surface area contributed by atoms with Crippen LogP contribution in [-0.4, -0.2) is 38.2 Å². The number of nitriles is 1. The number of nitrogens with zero attached hydrogens (tertiary/aromatic N) is 4. The van der Waals surface area contributed by atoms with Gasteiger partial charge in [-0.1, -0.05) is 36.4 Å². The van der Waals surface area contributed by atoms with E-state index in [1.54, 1.807) is 18.2 Å². The van der Waals surface area contributed by atoms with Gasteiger partial charge in [-0.3, -0.25) is 5.32 Å². The summed E-state index contributed by atoms with van der Waals surface area (Å²) in [6.45, 7) is 4.48. The molecule has 4 rings (SSSR count). The number of halogens is 6. The molecule has 43 heavy (non-hydrogen) atoms. The van der Waals surface area contributed by atoms with E-state index in [1.165, 1.54) is 32.9 Å². The van der Waals surface area contributed by atoms with E-state index >= 15 is 0 Å². The van der Waals surface area contributed by atoms with Gasteiger partial charge in [-0.2, -0.15) is 31.6 Å². The maximum Gasteiger partial charge on any atom is 0.430 e. The largest absolute Gasteiger partial charge is 0.444 e. The molecular weight excluding hydrogens is 584 g/mol. The lowest BCUT2D eigenvalue weighted by Gasteiger charge is -2.27. The average Bonchev–Trinajstić information content (AvgIpc) is 3.38. The van der Waals surface area contributed by atoms with Crippen LogP contribution in [0.25, 0.3) is 11.6 Å². The molecular formula is C28H25F6N5O4. The second kappa shape index (κ2) is 11.3. The lowest BCUT2D eigenvalue weighted by atomic mass is 9.91. The van der Waals surface area contributed by atoms with Crippen molar-refractivity contribution in [3.05, 3.63) is 70.8 Å². The summed E-state index contributed by atoms with van der Waals surface area (Å²) in [5.41, 5.74) is -8.69. The molecule has 3 aromatic rings. The van der Waals surface area contributed by atoms with Crippen LogP contribution in [0.5, 0.6) is 0 Å². The number of nitrogens with one attached hydrogen (secondary N) is 1. The zero-order valence-electron chi connectivity index (χ0n) is 23.0. The number of pyridine rings is 1. The Balaban J connectivity index is 2.01. The van der Waals surface area contributed by atoms with Gasteiger partial charge in [0.1, 0.15) is 5.60 Å². The van der Waals surface area contributed by atoms with Gasteiger partial charge >= 0.3 is 18.4 Å². The molecule has 1 aromatic carbocycles. The number of hydrogen-bond donors (Lipinski definition) is 2. The minimum atomic E-state index is -5.39. The highest BCUT2D eigenvalue weighted by atomic mass is 19.4. The van der Waals surface area contributed by atoms with E-state index in [4.69, 9.17) is 9.15 Å². The number of carbonyl (C=O) groups excluding carboxylic acids is 1. The molecule has 1 aliphatic heterocycles. The van der Waals surface area contributed by atoms with Crippen molar-refractivity contribution in [2.24, 2.45) is 0 Å². The van der Waals surface area contributed by atoms with Gasteiger partial charge in [0.05, 0.1) is 28.9 Å². The Hall–Kier alpha value is -4.45. The fourth-order valence-corrected chi connectivity index (χ4v) is 4.35. The molecule has 6 bridgehead atoms. The smallest absolute Gasteiger partial charge is 0.430 e. The summed E-state index contributed by atoms with van der Waals surface area (Å²) in [5, 5.41) is 29.9. The van der Waals surface area contributed by atoms with Crippen LogP contribution in [0.3, 0.4) is 0 Å². The Morgan fingerprint density at radius 2 is 1.86 bits per heavy atom. The van der Waals surface area contributed by atoms with Gasteiger partial charge in [0, 0.05) is 5.56 Å². The Kier molecular flexibility index (Phi) is 8.29. The number of rotatable bonds is 1. The van der Waals surface area contributed by atoms with Gasteiger partial charge in [-0.25, -0.2) is 9.78 Å². The topological polar surface area (TPSA) is 134 Å². The summed E-state index contributed by atoms with van der Waals surface area (Å²) in [7, 11) is 0. The molecule has 0 radical (unpaired) electrons. The van der Waals surface area contributed by atoms with Crippen LogP contribution in [0.1, 0.15) is 67.8 Å². The maximum atomic E-state index is 14.4. The first kappa shape index (κ1) is 31.5. The molecule has 2 unspecified atom stereocenters. The third kappa shape index (κ3) is 6.64. The van der Waals surface area contributed by atoms with E-state index in [1.807, 2.05) is 0 Å². The number of ether oxygens (including phenoxy) is 1. The number of carbonyl (C=O) groups is 1. The summed E-state index contributed by atoms with van der Waals surface area (Å²) in [4.78, 5) is 16.5. The number of amides is 1. The minimum absolute atomic E-state index is 0.0929. The molecule has 1 amide bonds. The molecule has 2 aromatic heterocycles. The third-order valence-electron chi connectivity index (χ3n) is 6.31. The van der Waals surface area contributed by atoms with Crippen molar-refractivity contribution >= 4 is 11.8 Å². The second-order valence-corrected chi connectivity index (χ2v) is 10.7. The Morgan fingerprint density at radius 1 is 1.14 bits per heavy atom. The Morgan fingerprint density at radius 3 is 2.49 bits per heavy atom. The summed E-state index contributed by atoms with van der Waals surface area (Å²) in [6, 6.07) is 7.19. The molecule has 228 valence electrons. The summed E-state index contributed by atoms with van der Waals surface area (Å²) in [6.07, 6.45) is -8.36. The van der Waals surface area contributed by atoms with Crippen molar-refractivity contribution in [3.8, 4) is 17.7 Å². The van der Waals surface area contributed by atoms with Crippen LogP contribution in [0, 0.1) is 11.3 Å². The molecule has 9 nitrogen and oxygen atoms in total. The monoisotopic (exact) mass is 609 g/mol. The first-order chi connectivity index (χ1) is 19.9. The van der Waals surface area contributed by atoms with E-state index in [0.717, 1.165) is 12.1 Å². The molecule has 15 heteroatoms. The average molecular weight is 610 g/mol. The number of alkyl halides is 6. The van der Waals surface area contributed by atoms with Gasteiger partial charge < -0.3 is 14.3 Å². The van der Waals surface area contributed by atoms with Gasteiger partial charge in [0.15, 0.2) is 5.69 Å². The van der Waals surface area contributed by atoms with Crippen molar-refractivity contribution in [1.29, 1.82) is 5.26 Å². The van der Waals surface area contributed by atoms with E-state index in [2.05, 4.69) is 20.5 Å². The van der Waals surface area contributed by atoms with E-state index in [-0.39, 0.29) is 19.3 Å². The lowest BCUT2D eigenvalue weighted by molar-refractivity contribution is -0.255. The van der Waals surface area contributed by atoms with Gasteiger partial charge in [-0.15, -0.1) is 10.2 Å². The zero-order valence-corrected chi connectivity index (χ0v) is 23.0. The molecule has 0 saturated carbocycles.